The number of imidazole rings is 1. The van der Waals surface area contributed by atoms with Crippen LogP contribution in [0.4, 0.5) is 5.69 Å². The van der Waals surface area contributed by atoms with E-state index in [1.807, 2.05) is 6.07 Å². The van der Waals surface area contributed by atoms with Gasteiger partial charge in [-0.05, 0) is 53.2 Å². The fourth-order valence-electron chi connectivity index (χ4n) is 2.46. The molecule has 0 radical (unpaired) electrons. The number of aryl methyl sites for hydroxylation is 1. The lowest BCUT2D eigenvalue weighted by Gasteiger charge is -2.09. The second-order valence-corrected chi connectivity index (χ2v) is 6.58. The van der Waals surface area contributed by atoms with E-state index in [2.05, 4.69) is 31.0 Å². The lowest BCUT2D eigenvalue weighted by atomic mass is 10.2. The fourth-order valence-corrected chi connectivity index (χ4v) is 2.96. The molecule has 1 N–H and O–H groups in total. The number of amides is 1. The van der Waals surface area contributed by atoms with Crippen molar-refractivity contribution in [1.82, 2.24) is 9.38 Å². The van der Waals surface area contributed by atoms with Crippen LogP contribution in [0.1, 0.15) is 26.5 Å². The molecule has 0 spiro atoms. The first kappa shape index (κ1) is 17.4. The summed E-state index contributed by atoms with van der Waals surface area (Å²) in [4.78, 5) is 28.8. The predicted molar refractivity (Wildman–Crippen MR) is 98.4 cm³/mol. The smallest absolute Gasteiger partial charge is 0.337 e. The molecule has 3 rings (SSSR count). The number of esters is 1. The highest BCUT2D eigenvalue weighted by Crippen LogP contribution is 2.25. The van der Waals surface area contributed by atoms with Crippen molar-refractivity contribution in [2.45, 2.75) is 6.92 Å². The molecule has 25 heavy (non-hydrogen) atoms. The van der Waals surface area contributed by atoms with Gasteiger partial charge in [0.2, 0.25) is 0 Å². The van der Waals surface area contributed by atoms with Gasteiger partial charge in [-0.1, -0.05) is 11.6 Å². The Hall–Kier alpha value is -2.38. The maximum Gasteiger partial charge on any atom is 0.337 e. The van der Waals surface area contributed by atoms with Crippen molar-refractivity contribution in [3.63, 3.8) is 0 Å². The number of methoxy groups -OCH3 is 1. The minimum atomic E-state index is -0.512. The number of nitrogens with zero attached hydrogens (tertiary/aromatic N) is 2. The lowest BCUT2D eigenvalue weighted by molar-refractivity contribution is 0.0600. The van der Waals surface area contributed by atoms with E-state index in [4.69, 9.17) is 11.6 Å². The second kappa shape index (κ2) is 6.85. The zero-order valence-corrected chi connectivity index (χ0v) is 15.7. The van der Waals surface area contributed by atoms with Crippen molar-refractivity contribution in [3.05, 3.63) is 63.0 Å². The lowest BCUT2D eigenvalue weighted by Crippen LogP contribution is -2.16. The first-order chi connectivity index (χ1) is 11.9. The summed E-state index contributed by atoms with van der Waals surface area (Å²) in [5.41, 5.74) is 2.23. The minimum Gasteiger partial charge on any atom is -0.465 e. The third-order valence-corrected chi connectivity index (χ3v) is 4.41. The van der Waals surface area contributed by atoms with Crippen LogP contribution < -0.4 is 5.32 Å². The topological polar surface area (TPSA) is 72.7 Å². The Morgan fingerprint density at radius 1 is 1.28 bits per heavy atom. The molecule has 0 atom stereocenters. The van der Waals surface area contributed by atoms with Crippen LogP contribution in [-0.4, -0.2) is 28.4 Å². The molecule has 2 heterocycles. The molecule has 1 aromatic carbocycles. The summed E-state index contributed by atoms with van der Waals surface area (Å²) in [6.45, 7) is 1.75. The maximum atomic E-state index is 12.8. The third kappa shape index (κ3) is 3.38. The van der Waals surface area contributed by atoms with Crippen LogP contribution in [0.5, 0.6) is 0 Å². The molecule has 1 amide bonds. The molecule has 0 unspecified atom stereocenters. The summed E-state index contributed by atoms with van der Waals surface area (Å²) < 4.78 is 7.19. The van der Waals surface area contributed by atoms with Gasteiger partial charge in [-0.2, -0.15) is 0 Å². The van der Waals surface area contributed by atoms with Gasteiger partial charge >= 0.3 is 5.97 Å². The normalized spacial score (nSPS) is 10.7. The summed E-state index contributed by atoms with van der Waals surface area (Å²) in [6.07, 6.45) is 1.76. The molecule has 128 valence electrons. The summed E-state index contributed by atoms with van der Waals surface area (Å²) in [7, 11) is 1.29. The van der Waals surface area contributed by atoms with Crippen LogP contribution in [0.2, 0.25) is 5.02 Å². The van der Waals surface area contributed by atoms with Gasteiger partial charge in [0.1, 0.15) is 11.3 Å². The molecule has 0 saturated carbocycles. The molecule has 0 saturated heterocycles. The van der Waals surface area contributed by atoms with E-state index in [1.165, 1.54) is 25.3 Å². The Bertz CT molecular complexity index is 1000. The number of fused-ring (bicyclic) bond motifs is 1. The number of benzene rings is 1. The van der Waals surface area contributed by atoms with Crippen LogP contribution in [0.25, 0.3) is 5.65 Å². The third-order valence-electron chi connectivity index (χ3n) is 3.61. The van der Waals surface area contributed by atoms with Crippen molar-refractivity contribution in [2.24, 2.45) is 0 Å². The van der Waals surface area contributed by atoms with Gasteiger partial charge in [-0.3, -0.25) is 9.20 Å². The number of aromatic nitrogens is 2. The van der Waals surface area contributed by atoms with E-state index >= 15 is 0 Å². The molecule has 8 heteroatoms. The average molecular weight is 423 g/mol. The average Bonchev–Trinajstić information content (AvgIpc) is 2.91. The zero-order chi connectivity index (χ0) is 18.1. The maximum absolute atomic E-state index is 12.8. The van der Waals surface area contributed by atoms with Gasteiger partial charge in [-0.15, -0.1) is 0 Å². The summed E-state index contributed by atoms with van der Waals surface area (Å²) in [6, 6.07) is 8.18. The van der Waals surface area contributed by atoms with Crippen LogP contribution in [0.15, 0.2) is 41.0 Å². The van der Waals surface area contributed by atoms with Crippen molar-refractivity contribution in [1.29, 1.82) is 0 Å². The first-order valence-corrected chi connectivity index (χ1v) is 8.41. The van der Waals surface area contributed by atoms with E-state index in [9.17, 15) is 9.59 Å². The van der Waals surface area contributed by atoms with E-state index in [0.29, 0.717) is 33.3 Å². The minimum absolute atomic E-state index is 0.291. The fraction of sp³-hybridized carbons (Fsp3) is 0.118. The first-order valence-electron chi connectivity index (χ1n) is 7.24. The highest BCUT2D eigenvalue weighted by molar-refractivity contribution is 9.10. The standard InChI is InChI=1S/C17H13BrClN3O3/c1-9-15(22-8-11(18)4-6-14(22)20-9)16(23)21-13-7-10(17(24)25-2)3-5-12(13)19/h3-8H,1-2H3,(H,21,23). The van der Waals surface area contributed by atoms with Gasteiger partial charge in [0.05, 0.1) is 29.1 Å². The van der Waals surface area contributed by atoms with Crippen LogP contribution >= 0.6 is 27.5 Å². The Balaban J connectivity index is 1.99. The van der Waals surface area contributed by atoms with Crippen LogP contribution in [-0.2, 0) is 4.74 Å². The number of rotatable bonds is 3. The molecule has 0 aliphatic carbocycles. The molecule has 3 aromatic rings. The number of pyridine rings is 1. The van der Waals surface area contributed by atoms with Gasteiger partial charge in [0, 0.05) is 10.7 Å². The summed E-state index contributed by atoms with van der Waals surface area (Å²) >= 11 is 9.52. The number of halogens is 2. The molecular weight excluding hydrogens is 410 g/mol. The summed E-state index contributed by atoms with van der Waals surface area (Å²) in [5, 5.41) is 3.04. The largest absolute Gasteiger partial charge is 0.465 e. The second-order valence-electron chi connectivity index (χ2n) is 5.26. The molecule has 2 aromatic heterocycles. The van der Waals surface area contributed by atoms with Crippen LogP contribution in [0.3, 0.4) is 0 Å². The van der Waals surface area contributed by atoms with E-state index in [-0.39, 0.29) is 5.91 Å². The number of anilines is 1. The zero-order valence-electron chi connectivity index (χ0n) is 13.3. The highest BCUT2D eigenvalue weighted by Gasteiger charge is 2.19. The molecule has 0 aliphatic rings. The number of nitrogens with one attached hydrogen (secondary N) is 1. The molecule has 6 nitrogen and oxygen atoms in total. The van der Waals surface area contributed by atoms with Gasteiger partial charge in [0.25, 0.3) is 5.91 Å². The number of carbonyl (C=O) groups is 2. The summed E-state index contributed by atoms with van der Waals surface area (Å²) in [5.74, 6) is -0.894. The van der Waals surface area contributed by atoms with Crippen molar-refractivity contribution in [2.75, 3.05) is 12.4 Å². The van der Waals surface area contributed by atoms with E-state index < -0.39 is 5.97 Å². The Morgan fingerprint density at radius 3 is 2.76 bits per heavy atom. The SMILES string of the molecule is COC(=O)c1ccc(Cl)c(NC(=O)c2c(C)nc3ccc(Br)cn23)c1. The molecular formula is C17H13BrClN3O3. The van der Waals surface area contributed by atoms with E-state index in [1.54, 1.807) is 23.6 Å². The Kier molecular flexibility index (Phi) is 4.78. The Labute approximate surface area is 156 Å². The van der Waals surface area contributed by atoms with E-state index in [0.717, 1.165) is 4.47 Å². The number of hydrogen-bond acceptors (Lipinski definition) is 4. The highest BCUT2D eigenvalue weighted by atomic mass is 79.9. The monoisotopic (exact) mass is 421 g/mol. The van der Waals surface area contributed by atoms with Crippen LogP contribution in [0, 0.1) is 6.92 Å². The predicted octanol–water partition coefficient (Wildman–Crippen LogP) is 4.10. The Morgan fingerprint density at radius 2 is 2.04 bits per heavy atom. The number of carbonyl (C=O) groups excluding carboxylic acids is 2. The van der Waals surface area contributed by atoms with Gasteiger partial charge in [-0.25, -0.2) is 9.78 Å². The molecule has 0 bridgehead atoms. The quantitative estimate of drug-likeness (QED) is 0.645. The number of hydrogen-bond donors (Lipinski definition) is 1. The van der Waals surface area contributed by atoms with Crippen molar-refractivity contribution in [3.8, 4) is 0 Å². The van der Waals surface area contributed by atoms with Gasteiger partial charge in [0.15, 0.2) is 0 Å². The van der Waals surface area contributed by atoms with Crippen molar-refractivity contribution < 1.29 is 14.3 Å². The number of ether oxygens (including phenoxy) is 1. The molecule has 0 aliphatic heterocycles. The van der Waals surface area contributed by atoms with Crippen molar-refractivity contribution >= 4 is 50.7 Å². The van der Waals surface area contributed by atoms with Gasteiger partial charge < -0.3 is 10.1 Å². The molecule has 0 fully saturated rings.